The monoisotopic (exact) mass is 464 g/mol. The number of carbonyl (C=O) groups excluding carboxylic acids is 1. The smallest absolute Gasteiger partial charge is 0.290 e. The van der Waals surface area contributed by atoms with Gasteiger partial charge in [0.05, 0.1) is 30.2 Å². The van der Waals surface area contributed by atoms with Crippen LogP contribution >= 0.6 is 0 Å². The molecule has 1 aliphatic heterocycles. The Morgan fingerprint density at radius 1 is 0.971 bits per heavy atom. The normalized spacial score (nSPS) is 15.3. The zero-order valence-corrected chi connectivity index (χ0v) is 20.7. The Bertz CT molecular complexity index is 1290. The number of rotatable bonds is 8. The summed E-state index contributed by atoms with van der Waals surface area (Å²) in [5.41, 5.74) is 3.45. The maximum atomic E-state index is 13.8. The van der Waals surface area contributed by atoms with Crippen molar-refractivity contribution in [3.8, 4) is 11.5 Å². The van der Waals surface area contributed by atoms with Gasteiger partial charge in [-0.15, -0.1) is 0 Å². The standard InChI is InChI=1S/C27H32N2O5/c1-7-32-20-10-9-18(15-22(20)33-8-2)24-23-25(30)19-13-16(3)17(4)14-21(19)34-26(23)27(31)29(24)12-11-28(5)6/h9-10,13-15,24H,7-8,11-12H2,1-6H3. The van der Waals surface area contributed by atoms with E-state index in [-0.39, 0.29) is 17.1 Å². The Kier molecular flexibility index (Phi) is 6.66. The van der Waals surface area contributed by atoms with E-state index < -0.39 is 6.04 Å². The molecule has 180 valence electrons. The zero-order chi connectivity index (χ0) is 24.6. The minimum absolute atomic E-state index is 0.122. The summed E-state index contributed by atoms with van der Waals surface area (Å²) in [4.78, 5) is 31.0. The number of hydrogen-bond acceptors (Lipinski definition) is 6. The lowest BCUT2D eigenvalue weighted by molar-refractivity contribution is 0.0716. The number of hydrogen-bond donors (Lipinski definition) is 0. The van der Waals surface area contributed by atoms with Crippen molar-refractivity contribution in [2.45, 2.75) is 33.7 Å². The van der Waals surface area contributed by atoms with E-state index in [0.29, 0.717) is 54.3 Å². The fraction of sp³-hybridized carbons (Fsp3) is 0.407. The summed E-state index contributed by atoms with van der Waals surface area (Å²) >= 11 is 0. The number of nitrogens with zero attached hydrogens (tertiary/aromatic N) is 2. The first kappa shape index (κ1) is 23.8. The van der Waals surface area contributed by atoms with Gasteiger partial charge in [-0.2, -0.15) is 0 Å². The van der Waals surface area contributed by atoms with Crippen LogP contribution in [0.5, 0.6) is 11.5 Å². The number of carbonyl (C=O) groups is 1. The van der Waals surface area contributed by atoms with Crippen molar-refractivity contribution in [3.05, 3.63) is 68.6 Å². The van der Waals surface area contributed by atoms with E-state index in [0.717, 1.165) is 16.7 Å². The summed E-state index contributed by atoms with van der Waals surface area (Å²) < 4.78 is 17.6. The summed E-state index contributed by atoms with van der Waals surface area (Å²) in [6.07, 6.45) is 0. The molecule has 1 unspecified atom stereocenters. The first-order chi connectivity index (χ1) is 16.3. The molecule has 4 rings (SSSR count). The third-order valence-electron chi connectivity index (χ3n) is 6.25. The van der Waals surface area contributed by atoms with E-state index in [1.807, 2.05) is 77.0 Å². The molecule has 34 heavy (non-hydrogen) atoms. The van der Waals surface area contributed by atoms with Crippen LogP contribution in [0.3, 0.4) is 0 Å². The maximum Gasteiger partial charge on any atom is 0.290 e. The van der Waals surface area contributed by atoms with Crippen molar-refractivity contribution >= 4 is 16.9 Å². The summed E-state index contributed by atoms with van der Waals surface area (Å²) in [6, 6.07) is 8.72. The Balaban J connectivity index is 1.93. The van der Waals surface area contributed by atoms with Gasteiger partial charge in [-0.05, 0) is 82.7 Å². The molecule has 7 nitrogen and oxygen atoms in total. The molecule has 0 N–H and O–H groups in total. The van der Waals surface area contributed by atoms with Crippen molar-refractivity contribution in [2.75, 3.05) is 40.4 Å². The Labute approximate surface area is 199 Å². The number of amides is 1. The van der Waals surface area contributed by atoms with Gasteiger partial charge in [0.1, 0.15) is 5.58 Å². The Morgan fingerprint density at radius 3 is 2.32 bits per heavy atom. The lowest BCUT2D eigenvalue weighted by Gasteiger charge is -2.27. The van der Waals surface area contributed by atoms with Crippen molar-refractivity contribution in [1.82, 2.24) is 9.80 Å². The lowest BCUT2D eigenvalue weighted by Crippen LogP contribution is -2.35. The van der Waals surface area contributed by atoms with Crippen LogP contribution < -0.4 is 14.9 Å². The fourth-order valence-corrected chi connectivity index (χ4v) is 4.40. The van der Waals surface area contributed by atoms with Crippen molar-refractivity contribution in [3.63, 3.8) is 0 Å². The predicted octanol–water partition coefficient (Wildman–Crippen LogP) is 4.31. The molecule has 1 atom stereocenters. The van der Waals surface area contributed by atoms with Gasteiger partial charge in [0.25, 0.3) is 5.91 Å². The molecule has 2 aromatic carbocycles. The summed E-state index contributed by atoms with van der Waals surface area (Å²) in [7, 11) is 3.91. The van der Waals surface area contributed by atoms with Crippen LogP contribution in [-0.4, -0.2) is 56.1 Å². The summed E-state index contributed by atoms with van der Waals surface area (Å²) in [5, 5.41) is 0.491. The van der Waals surface area contributed by atoms with E-state index in [1.165, 1.54) is 0 Å². The minimum Gasteiger partial charge on any atom is -0.490 e. The molecule has 1 aliphatic rings. The zero-order valence-electron chi connectivity index (χ0n) is 20.7. The highest BCUT2D eigenvalue weighted by atomic mass is 16.5. The molecule has 0 saturated heterocycles. The molecule has 1 aromatic heterocycles. The molecule has 0 saturated carbocycles. The number of benzene rings is 2. The third-order valence-corrected chi connectivity index (χ3v) is 6.25. The van der Waals surface area contributed by atoms with Gasteiger partial charge in [0.2, 0.25) is 5.76 Å². The molecule has 0 bridgehead atoms. The number of fused-ring (bicyclic) bond motifs is 2. The molecule has 3 aromatic rings. The maximum absolute atomic E-state index is 13.8. The van der Waals surface area contributed by atoms with Crippen molar-refractivity contribution < 1.29 is 18.7 Å². The van der Waals surface area contributed by atoms with Crippen molar-refractivity contribution in [1.29, 1.82) is 0 Å². The molecule has 0 radical (unpaired) electrons. The molecule has 0 fully saturated rings. The highest BCUT2D eigenvalue weighted by Crippen LogP contribution is 2.41. The Morgan fingerprint density at radius 2 is 1.65 bits per heavy atom. The molecular weight excluding hydrogens is 432 g/mol. The second-order valence-electron chi connectivity index (χ2n) is 8.88. The van der Waals surface area contributed by atoms with E-state index in [9.17, 15) is 9.59 Å². The van der Waals surface area contributed by atoms with Gasteiger partial charge in [0, 0.05) is 13.1 Å². The Hall–Kier alpha value is -3.32. The quantitative estimate of drug-likeness (QED) is 0.495. The highest BCUT2D eigenvalue weighted by molar-refractivity contribution is 5.99. The molecule has 0 aliphatic carbocycles. The third kappa shape index (κ3) is 4.16. The van der Waals surface area contributed by atoms with Crippen molar-refractivity contribution in [2.24, 2.45) is 0 Å². The van der Waals surface area contributed by atoms with Gasteiger partial charge >= 0.3 is 0 Å². The van der Waals surface area contributed by atoms with Crippen LogP contribution in [0.4, 0.5) is 0 Å². The minimum atomic E-state index is -0.570. The van der Waals surface area contributed by atoms with Crippen LogP contribution in [-0.2, 0) is 0 Å². The second kappa shape index (κ2) is 9.50. The van der Waals surface area contributed by atoms with Gasteiger partial charge < -0.3 is 23.7 Å². The SMILES string of the molecule is CCOc1ccc(C2c3c(oc4cc(C)c(C)cc4c3=O)C(=O)N2CCN(C)C)cc1OCC. The number of aryl methyl sites for hydroxylation is 2. The molecular formula is C27H32N2O5. The topological polar surface area (TPSA) is 72.2 Å². The van der Waals surface area contributed by atoms with Gasteiger partial charge in [-0.3, -0.25) is 9.59 Å². The van der Waals surface area contributed by atoms with E-state index in [1.54, 1.807) is 4.90 Å². The largest absolute Gasteiger partial charge is 0.490 e. The lowest BCUT2D eigenvalue weighted by atomic mass is 9.97. The number of likely N-dealkylation sites (N-methyl/N-ethyl adjacent to an activating group) is 1. The van der Waals surface area contributed by atoms with Gasteiger partial charge in [-0.25, -0.2) is 0 Å². The van der Waals surface area contributed by atoms with Crippen LogP contribution in [0.1, 0.15) is 52.7 Å². The average Bonchev–Trinajstić information content (AvgIpc) is 3.07. The summed E-state index contributed by atoms with van der Waals surface area (Å²) in [6.45, 7) is 9.83. The first-order valence-electron chi connectivity index (χ1n) is 11.7. The summed E-state index contributed by atoms with van der Waals surface area (Å²) in [5.74, 6) is 1.07. The van der Waals surface area contributed by atoms with Crippen LogP contribution in [0, 0.1) is 13.8 Å². The second-order valence-corrected chi connectivity index (χ2v) is 8.88. The molecule has 2 heterocycles. The number of ether oxygens (including phenoxy) is 2. The fourth-order valence-electron chi connectivity index (χ4n) is 4.40. The van der Waals surface area contributed by atoms with E-state index >= 15 is 0 Å². The first-order valence-corrected chi connectivity index (χ1v) is 11.7. The van der Waals surface area contributed by atoms with Crippen LogP contribution in [0.2, 0.25) is 0 Å². The average molecular weight is 465 g/mol. The van der Waals surface area contributed by atoms with Crippen LogP contribution in [0.25, 0.3) is 11.0 Å². The van der Waals surface area contributed by atoms with Gasteiger partial charge in [-0.1, -0.05) is 6.07 Å². The van der Waals surface area contributed by atoms with E-state index in [2.05, 4.69) is 0 Å². The predicted molar refractivity (Wildman–Crippen MR) is 132 cm³/mol. The van der Waals surface area contributed by atoms with Gasteiger partial charge in [0.15, 0.2) is 16.9 Å². The highest BCUT2D eigenvalue weighted by Gasteiger charge is 2.42. The van der Waals surface area contributed by atoms with E-state index in [4.69, 9.17) is 13.9 Å². The van der Waals surface area contributed by atoms with Crippen LogP contribution in [0.15, 0.2) is 39.5 Å². The molecule has 0 spiro atoms. The molecule has 1 amide bonds. The molecule has 7 heteroatoms.